The fourth-order valence-electron chi connectivity index (χ4n) is 3.34. The SMILES string of the molecule is CCC(Oc1ccc(C(C)(C)CC)cc1C(C)(C)CC)C(=O)Nc1ccccc1NCl. The first-order chi connectivity index (χ1) is 14.6. The molecule has 0 radical (unpaired) electrons. The number of hydrogen-bond acceptors (Lipinski definition) is 3. The van der Waals surface area contributed by atoms with Crippen LogP contribution in [0.25, 0.3) is 0 Å². The van der Waals surface area contributed by atoms with Crippen molar-refractivity contribution in [2.24, 2.45) is 0 Å². The van der Waals surface area contributed by atoms with Gasteiger partial charge in [0, 0.05) is 17.3 Å². The Hall–Kier alpha value is -2.20. The molecule has 2 rings (SSSR count). The smallest absolute Gasteiger partial charge is 0.265 e. The Kier molecular flexibility index (Phi) is 8.41. The zero-order valence-electron chi connectivity index (χ0n) is 19.9. The molecule has 0 fully saturated rings. The highest BCUT2D eigenvalue weighted by atomic mass is 35.5. The highest BCUT2D eigenvalue weighted by molar-refractivity contribution is 6.25. The summed E-state index contributed by atoms with van der Waals surface area (Å²) in [4.78, 5) is 15.6. The molecule has 2 aromatic carbocycles. The van der Waals surface area contributed by atoms with E-state index >= 15 is 0 Å². The van der Waals surface area contributed by atoms with E-state index in [4.69, 9.17) is 16.5 Å². The Labute approximate surface area is 192 Å². The number of rotatable bonds is 10. The Balaban J connectivity index is 2.36. The van der Waals surface area contributed by atoms with E-state index in [1.165, 1.54) is 5.56 Å². The Morgan fingerprint density at radius 2 is 1.58 bits per heavy atom. The summed E-state index contributed by atoms with van der Waals surface area (Å²) in [6, 6.07) is 13.7. The predicted octanol–water partition coefficient (Wildman–Crippen LogP) is 7.42. The number of carbonyl (C=O) groups is 1. The molecule has 2 N–H and O–H groups in total. The Bertz CT molecular complexity index is 893. The van der Waals surface area contributed by atoms with Crippen molar-refractivity contribution in [1.82, 2.24) is 0 Å². The fraction of sp³-hybridized carbons (Fsp3) is 0.500. The van der Waals surface area contributed by atoms with Crippen LogP contribution in [0.4, 0.5) is 11.4 Å². The lowest BCUT2D eigenvalue weighted by Gasteiger charge is -2.31. The van der Waals surface area contributed by atoms with Gasteiger partial charge in [-0.2, -0.15) is 0 Å². The molecule has 0 heterocycles. The van der Waals surface area contributed by atoms with Gasteiger partial charge in [-0.05, 0) is 53.9 Å². The average molecular weight is 445 g/mol. The molecule has 0 aromatic heterocycles. The minimum Gasteiger partial charge on any atom is -0.480 e. The molecule has 5 heteroatoms. The van der Waals surface area contributed by atoms with Crippen molar-refractivity contribution in [2.75, 3.05) is 10.2 Å². The van der Waals surface area contributed by atoms with Crippen molar-refractivity contribution >= 4 is 29.1 Å². The number of benzene rings is 2. The third-order valence-electron chi connectivity index (χ3n) is 6.48. The summed E-state index contributed by atoms with van der Waals surface area (Å²) in [6.45, 7) is 15.3. The van der Waals surface area contributed by atoms with Crippen LogP contribution in [0, 0.1) is 0 Å². The molecule has 0 aliphatic heterocycles. The maximum Gasteiger partial charge on any atom is 0.265 e. The summed E-state index contributed by atoms with van der Waals surface area (Å²) in [6.07, 6.45) is 1.96. The van der Waals surface area contributed by atoms with E-state index < -0.39 is 6.10 Å². The zero-order chi connectivity index (χ0) is 23.2. The summed E-state index contributed by atoms with van der Waals surface area (Å²) in [5.74, 6) is 0.577. The second-order valence-electron chi connectivity index (χ2n) is 9.33. The van der Waals surface area contributed by atoms with Crippen molar-refractivity contribution in [3.63, 3.8) is 0 Å². The van der Waals surface area contributed by atoms with Crippen LogP contribution >= 0.6 is 11.8 Å². The molecule has 1 atom stereocenters. The summed E-state index contributed by atoms with van der Waals surface area (Å²) in [7, 11) is 0. The molecule has 4 nitrogen and oxygen atoms in total. The van der Waals surface area contributed by atoms with Crippen molar-refractivity contribution in [3.8, 4) is 5.75 Å². The number of nitrogens with one attached hydrogen (secondary N) is 2. The van der Waals surface area contributed by atoms with Gasteiger partial charge in [-0.25, -0.2) is 0 Å². The summed E-state index contributed by atoms with van der Waals surface area (Å²) in [5.41, 5.74) is 3.71. The van der Waals surface area contributed by atoms with Crippen LogP contribution in [-0.4, -0.2) is 12.0 Å². The number of para-hydroxylation sites is 2. The lowest BCUT2D eigenvalue weighted by atomic mass is 9.76. The summed E-state index contributed by atoms with van der Waals surface area (Å²) in [5, 5.41) is 2.94. The third kappa shape index (κ3) is 5.94. The van der Waals surface area contributed by atoms with Crippen LogP contribution in [0.15, 0.2) is 42.5 Å². The van der Waals surface area contributed by atoms with Gasteiger partial charge >= 0.3 is 0 Å². The van der Waals surface area contributed by atoms with E-state index in [-0.39, 0.29) is 16.7 Å². The lowest BCUT2D eigenvalue weighted by Crippen LogP contribution is -2.33. The van der Waals surface area contributed by atoms with Gasteiger partial charge in [0.25, 0.3) is 5.91 Å². The first-order valence-electron chi connectivity index (χ1n) is 11.2. The van der Waals surface area contributed by atoms with Crippen LogP contribution in [-0.2, 0) is 15.6 Å². The van der Waals surface area contributed by atoms with E-state index in [0.29, 0.717) is 17.8 Å². The first-order valence-corrected chi connectivity index (χ1v) is 11.6. The van der Waals surface area contributed by atoms with Gasteiger partial charge in [-0.3, -0.25) is 9.63 Å². The molecule has 0 saturated heterocycles. The summed E-state index contributed by atoms with van der Waals surface area (Å²) < 4.78 is 6.33. The van der Waals surface area contributed by atoms with Gasteiger partial charge in [0.05, 0.1) is 11.4 Å². The highest BCUT2D eigenvalue weighted by Crippen LogP contribution is 2.39. The minimum absolute atomic E-state index is 0.0704. The van der Waals surface area contributed by atoms with Crippen LogP contribution in [0.5, 0.6) is 5.75 Å². The molecule has 170 valence electrons. The lowest BCUT2D eigenvalue weighted by molar-refractivity contribution is -0.122. The van der Waals surface area contributed by atoms with Crippen LogP contribution in [0.3, 0.4) is 0 Å². The highest BCUT2D eigenvalue weighted by Gasteiger charge is 2.29. The molecule has 1 amide bonds. The summed E-state index contributed by atoms with van der Waals surface area (Å²) >= 11 is 5.78. The monoisotopic (exact) mass is 444 g/mol. The molecule has 0 aliphatic rings. The zero-order valence-corrected chi connectivity index (χ0v) is 20.7. The Morgan fingerprint density at radius 1 is 0.968 bits per heavy atom. The van der Waals surface area contributed by atoms with Gasteiger partial charge in [0.2, 0.25) is 0 Å². The maximum absolute atomic E-state index is 13.0. The number of amides is 1. The largest absolute Gasteiger partial charge is 0.480 e. The molecule has 0 bridgehead atoms. The molecule has 0 spiro atoms. The maximum atomic E-state index is 13.0. The van der Waals surface area contributed by atoms with Crippen LogP contribution in [0.1, 0.15) is 78.9 Å². The second-order valence-corrected chi connectivity index (χ2v) is 9.52. The van der Waals surface area contributed by atoms with Crippen molar-refractivity contribution in [1.29, 1.82) is 0 Å². The van der Waals surface area contributed by atoms with E-state index in [0.717, 1.165) is 24.2 Å². The fourth-order valence-corrected chi connectivity index (χ4v) is 3.51. The average Bonchev–Trinajstić information content (AvgIpc) is 2.77. The molecular weight excluding hydrogens is 408 g/mol. The molecule has 1 unspecified atom stereocenters. The number of hydrogen-bond donors (Lipinski definition) is 2. The Morgan fingerprint density at radius 3 is 2.13 bits per heavy atom. The number of carbonyl (C=O) groups excluding carboxylic acids is 1. The van der Waals surface area contributed by atoms with E-state index in [9.17, 15) is 4.79 Å². The number of halogens is 1. The second kappa shape index (κ2) is 10.4. The van der Waals surface area contributed by atoms with Crippen LogP contribution in [0.2, 0.25) is 0 Å². The number of anilines is 2. The van der Waals surface area contributed by atoms with E-state index in [1.54, 1.807) is 6.07 Å². The van der Waals surface area contributed by atoms with Gasteiger partial charge in [0.15, 0.2) is 6.10 Å². The standard InChI is InChI=1S/C26H37ClN2O2/c1-8-22(24(30)28-20-13-11-12-14-21(20)29-27)31-23-16-15-18(25(4,5)9-2)17-19(23)26(6,7)10-3/h11-17,22,29H,8-10H2,1-7H3,(H,28,30). The molecule has 0 saturated carbocycles. The molecule has 0 aliphatic carbocycles. The van der Waals surface area contributed by atoms with Crippen molar-refractivity contribution in [2.45, 2.75) is 84.7 Å². The molecular formula is C26H37ClN2O2. The van der Waals surface area contributed by atoms with Gasteiger partial charge in [-0.1, -0.05) is 72.7 Å². The van der Waals surface area contributed by atoms with Crippen LogP contribution < -0.4 is 14.9 Å². The van der Waals surface area contributed by atoms with Crippen molar-refractivity contribution < 1.29 is 9.53 Å². The normalized spacial score (nSPS) is 12.9. The third-order valence-corrected chi connectivity index (χ3v) is 6.68. The van der Waals surface area contributed by atoms with Gasteiger partial charge in [-0.15, -0.1) is 0 Å². The van der Waals surface area contributed by atoms with Crippen molar-refractivity contribution in [3.05, 3.63) is 53.6 Å². The first kappa shape index (κ1) is 25.1. The topological polar surface area (TPSA) is 50.4 Å². The van der Waals surface area contributed by atoms with Gasteiger partial charge < -0.3 is 10.1 Å². The van der Waals surface area contributed by atoms with E-state index in [2.05, 4.69) is 63.8 Å². The van der Waals surface area contributed by atoms with E-state index in [1.807, 2.05) is 31.2 Å². The minimum atomic E-state index is -0.611. The quantitative estimate of drug-likeness (QED) is 0.374. The van der Waals surface area contributed by atoms with Gasteiger partial charge in [0.1, 0.15) is 5.75 Å². The molecule has 31 heavy (non-hydrogen) atoms. The molecule has 2 aromatic rings. The number of ether oxygens (including phenoxy) is 1. The predicted molar refractivity (Wildman–Crippen MR) is 132 cm³/mol.